The van der Waals surface area contributed by atoms with Crippen molar-refractivity contribution in [2.24, 2.45) is 0 Å². The number of rotatable bonds is 5. The van der Waals surface area contributed by atoms with Gasteiger partial charge in [-0.3, -0.25) is 4.98 Å². The zero-order valence-corrected chi connectivity index (χ0v) is 9.95. The first kappa shape index (κ1) is 11.1. The highest BCUT2D eigenvalue weighted by Gasteiger charge is 1.97. The fourth-order valence-corrected chi connectivity index (χ4v) is 2.01. The summed E-state index contributed by atoms with van der Waals surface area (Å²) >= 11 is 0. The normalized spacial score (nSPS) is 10.8. The van der Waals surface area contributed by atoms with Gasteiger partial charge in [0.25, 0.3) is 0 Å². The average molecular weight is 213 g/mol. The van der Waals surface area contributed by atoms with Crippen molar-refractivity contribution in [1.82, 2.24) is 4.98 Å². The summed E-state index contributed by atoms with van der Waals surface area (Å²) < 4.78 is 0. The van der Waals surface area contributed by atoms with E-state index in [2.05, 4.69) is 36.2 Å². The standard InChI is InChI=1S/C15H19N/c1-2-3-4-5-8-13-11-14-9-6-7-10-15(14)16-12-13/h6-7,9-12H,2-5,8H2,1H3. The predicted octanol–water partition coefficient (Wildman–Crippen LogP) is 4.36. The maximum Gasteiger partial charge on any atom is 0.0702 e. The van der Waals surface area contributed by atoms with E-state index < -0.39 is 0 Å². The molecule has 0 spiro atoms. The summed E-state index contributed by atoms with van der Waals surface area (Å²) in [4.78, 5) is 4.48. The van der Waals surface area contributed by atoms with Gasteiger partial charge in [-0.15, -0.1) is 0 Å². The van der Waals surface area contributed by atoms with Gasteiger partial charge in [0.1, 0.15) is 0 Å². The number of para-hydroxylation sites is 1. The van der Waals surface area contributed by atoms with Crippen LogP contribution < -0.4 is 0 Å². The molecular weight excluding hydrogens is 194 g/mol. The maximum absolute atomic E-state index is 4.48. The van der Waals surface area contributed by atoms with Gasteiger partial charge in [0.05, 0.1) is 5.52 Å². The minimum atomic E-state index is 1.10. The van der Waals surface area contributed by atoms with E-state index in [9.17, 15) is 0 Å². The van der Waals surface area contributed by atoms with Gasteiger partial charge in [0.15, 0.2) is 0 Å². The van der Waals surface area contributed by atoms with Crippen LogP contribution in [0.2, 0.25) is 0 Å². The molecule has 2 rings (SSSR count). The Morgan fingerprint density at radius 2 is 1.94 bits per heavy atom. The molecule has 1 aromatic carbocycles. The van der Waals surface area contributed by atoms with Gasteiger partial charge in [-0.1, -0.05) is 44.4 Å². The molecule has 1 nitrogen and oxygen atoms in total. The van der Waals surface area contributed by atoms with Crippen LogP contribution in [-0.4, -0.2) is 4.98 Å². The molecule has 0 unspecified atom stereocenters. The number of unbranched alkanes of at least 4 members (excludes halogenated alkanes) is 3. The van der Waals surface area contributed by atoms with Crippen LogP contribution in [0.25, 0.3) is 10.9 Å². The summed E-state index contributed by atoms with van der Waals surface area (Å²) in [5.74, 6) is 0. The molecule has 0 amide bonds. The first-order valence-corrected chi connectivity index (χ1v) is 6.24. The van der Waals surface area contributed by atoms with Gasteiger partial charge in [-0.05, 0) is 30.5 Å². The van der Waals surface area contributed by atoms with Crippen molar-refractivity contribution in [3.63, 3.8) is 0 Å². The lowest BCUT2D eigenvalue weighted by atomic mass is 10.1. The van der Waals surface area contributed by atoms with Crippen LogP contribution in [0.4, 0.5) is 0 Å². The van der Waals surface area contributed by atoms with Crippen molar-refractivity contribution in [2.45, 2.75) is 39.0 Å². The Labute approximate surface area is 97.5 Å². The van der Waals surface area contributed by atoms with Gasteiger partial charge >= 0.3 is 0 Å². The maximum atomic E-state index is 4.48. The smallest absolute Gasteiger partial charge is 0.0702 e. The molecule has 0 aliphatic rings. The Morgan fingerprint density at radius 1 is 1.06 bits per heavy atom. The van der Waals surface area contributed by atoms with E-state index >= 15 is 0 Å². The molecule has 1 heterocycles. The second-order valence-corrected chi connectivity index (χ2v) is 4.35. The summed E-state index contributed by atoms with van der Waals surface area (Å²) in [6.45, 7) is 2.25. The summed E-state index contributed by atoms with van der Waals surface area (Å²) in [6, 6.07) is 10.6. The third-order valence-corrected chi connectivity index (χ3v) is 2.97. The van der Waals surface area contributed by atoms with E-state index in [-0.39, 0.29) is 0 Å². The number of benzene rings is 1. The predicted molar refractivity (Wildman–Crippen MR) is 69.6 cm³/mol. The third-order valence-electron chi connectivity index (χ3n) is 2.97. The molecule has 0 atom stereocenters. The molecule has 2 aromatic rings. The van der Waals surface area contributed by atoms with E-state index in [0.717, 1.165) is 11.9 Å². The second kappa shape index (κ2) is 5.64. The van der Waals surface area contributed by atoms with Gasteiger partial charge in [0, 0.05) is 11.6 Å². The Kier molecular flexibility index (Phi) is 3.92. The summed E-state index contributed by atoms with van der Waals surface area (Å²) in [5, 5.41) is 1.26. The Bertz CT molecular complexity index is 448. The molecule has 0 aliphatic heterocycles. The van der Waals surface area contributed by atoms with Crippen LogP contribution in [0, 0.1) is 0 Å². The van der Waals surface area contributed by atoms with E-state index in [1.54, 1.807) is 0 Å². The first-order chi connectivity index (χ1) is 7.90. The highest BCUT2D eigenvalue weighted by molar-refractivity contribution is 5.78. The molecule has 0 saturated heterocycles. The van der Waals surface area contributed by atoms with E-state index in [1.807, 2.05) is 12.3 Å². The largest absolute Gasteiger partial charge is 0.256 e. The number of hydrogen-bond acceptors (Lipinski definition) is 1. The van der Waals surface area contributed by atoms with Gasteiger partial charge in [-0.25, -0.2) is 0 Å². The second-order valence-electron chi connectivity index (χ2n) is 4.35. The molecule has 0 aliphatic carbocycles. The molecule has 84 valence electrons. The number of pyridine rings is 1. The zero-order valence-electron chi connectivity index (χ0n) is 9.95. The molecule has 1 heteroatoms. The van der Waals surface area contributed by atoms with Crippen molar-refractivity contribution >= 4 is 10.9 Å². The Morgan fingerprint density at radius 3 is 2.81 bits per heavy atom. The van der Waals surface area contributed by atoms with Gasteiger partial charge in [-0.2, -0.15) is 0 Å². The lowest BCUT2D eigenvalue weighted by Crippen LogP contribution is -1.88. The zero-order chi connectivity index (χ0) is 11.2. The highest BCUT2D eigenvalue weighted by atomic mass is 14.6. The number of fused-ring (bicyclic) bond motifs is 1. The molecule has 0 fully saturated rings. The minimum Gasteiger partial charge on any atom is -0.256 e. The molecule has 1 aromatic heterocycles. The lowest BCUT2D eigenvalue weighted by Gasteiger charge is -2.02. The van der Waals surface area contributed by atoms with Crippen molar-refractivity contribution in [3.05, 3.63) is 42.1 Å². The number of aryl methyl sites for hydroxylation is 1. The van der Waals surface area contributed by atoms with Crippen molar-refractivity contribution in [3.8, 4) is 0 Å². The average Bonchev–Trinajstić information content (AvgIpc) is 2.34. The summed E-state index contributed by atoms with van der Waals surface area (Å²) in [6.07, 6.45) is 8.46. The highest BCUT2D eigenvalue weighted by Crippen LogP contribution is 2.14. The molecule has 0 N–H and O–H groups in total. The van der Waals surface area contributed by atoms with Crippen molar-refractivity contribution < 1.29 is 0 Å². The first-order valence-electron chi connectivity index (χ1n) is 6.24. The quantitative estimate of drug-likeness (QED) is 0.672. The SMILES string of the molecule is CCCCCCc1cnc2ccccc2c1. The fraction of sp³-hybridized carbons (Fsp3) is 0.400. The summed E-state index contributed by atoms with van der Waals surface area (Å²) in [5.41, 5.74) is 2.47. The minimum absolute atomic E-state index is 1.10. The third kappa shape index (κ3) is 2.82. The molecule has 0 radical (unpaired) electrons. The molecular formula is C15H19N. The van der Waals surface area contributed by atoms with E-state index in [0.29, 0.717) is 0 Å². The van der Waals surface area contributed by atoms with Gasteiger partial charge < -0.3 is 0 Å². The molecule has 0 bridgehead atoms. The number of nitrogens with zero attached hydrogens (tertiary/aromatic N) is 1. The molecule has 0 saturated carbocycles. The summed E-state index contributed by atoms with van der Waals surface area (Å²) in [7, 11) is 0. The Hall–Kier alpha value is -1.37. The van der Waals surface area contributed by atoms with Gasteiger partial charge in [0.2, 0.25) is 0 Å². The monoisotopic (exact) mass is 213 g/mol. The van der Waals surface area contributed by atoms with E-state index in [1.165, 1.54) is 36.6 Å². The number of aromatic nitrogens is 1. The van der Waals surface area contributed by atoms with Crippen molar-refractivity contribution in [1.29, 1.82) is 0 Å². The number of hydrogen-bond donors (Lipinski definition) is 0. The van der Waals surface area contributed by atoms with Crippen LogP contribution in [0.1, 0.15) is 38.2 Å². The van der Waals surface area contributed by atoms with Crippen LogP contribution in [-0.2, 0) is 6.42 Å². The van der Waals surface area contributed by atoms with Crippen LogP contribution in [0.5, 0.6) is 0 Å². The van der Waals surface area contributed by atoms with Crippen LogP contribution in [0.3, 0.4) is 0 Å². The lowest BCUT2D eigenvalue weighted by molar-refractivity contribution is 0.666. The topological polar surface area (TPSA) is 12.9 Å². The van der Waals surface area contributed by atoms with Crippen molar-refractivity contribution in [2.75, 3.05) is 0 Å². The van der Waals surface area contributed by atoms with E-state index in [4.69, 9.17) is 0 Å². The molecule has 16 heavy (non-hydrogen) atoms. The fourth-order valence-electron chi connectivity index (χ4n) is 2.01. The van der Waals surface area contributed by atoms with Crippen LogP contribution >= 0.6 is 0 Å². The Balaban J connectivity index is 2.02. The van der Waals surface area contributed by atoms with Crippen LogP contribution in [0.15, 0.2) is 36.5 Å².